The quantitative estimate of drug-likeness (QED) is 0.636. The molecule has 0 saturated carbocycles. The highest BCUT2D eigenvalue weighted by Gasteiger charge is 2.37. The molecule has 2 bridgehead atoms. The third-order valence-electron chi connectivity index (χ3n) is 6.77. The third kappa shape index (κ3) is 4.70. The lowest BCUT2D eigenvalue weighted by Gasteiger charge is -2.36. The number of nitrogens with one attached hydrogen (secondary N) is 2. The summed E-state index contributed by atoms with van der Waals surface area (Å²) < 4.78 is 34.4. The van der Waals surface area contributed by atoms with Crippen LogP contribution in [0.2, 0.25) is 0 Å². The fourth-order valence-electron chi connectivity index (χ4n) is 4.89. The number of nitrogens with zero attached hydrogens (tertiary/aromatic N) is 5. The van der Waals surface area contributed by atoms with Gasteiger partial charge in [0.05, 0.1) is 24.4 Å². The molecule has 12 heteroatoms. The topological polar surface area (TPSA) is 120 Å². The smallest absolute Gasteiger partial charge is 0.318 e. The molecule has 11 nitrogen and oxygen atoms in total. The van der Waals surface area contributed by atoms with Crippen molar-refractivity contribution in [2.75, 3.05) is 51.0 Å². The first-order valence-corrected chi connectivity index (χ1v) is 13.2. The molecule has 3 aliphatic rings. The summed E-state index contributed by atoms with van der Waals surface area (Å²) in [5.41, 5.74) is 3.19. The van der Waals surface area contributed by atoms with Crippen molar-refractivity contribution in [1.29, 1.82) is 0 Å². The Kier molecular flexibility index (Phi) is 6.38. The van der Waals surface area contributed by atoms with Crippen LogP contribution in [0.3, 0.4) is 0 Å². The Morgan fingerprint density at radius 2 is 1.80 bits per heavy atom. The van der Waals surface area contributed by atoms with Crippen molar-refractivity contribution in [2.24, 2.45) is 0 Å². The third-order valence-corrected chi connectivity index (χ3v) is 8.65. The number of carbonyl (C=O) groups is 1. The molecule has 2 fully saturated rings. The van der Waals surface area contributed by atoms with Gasteiger partial charge in [0.15, 0.2) is 5.82 Å². The fourth-order valence-corrected chi connectivity index (χ4v) is 5.96. The number of amides is 2. The summed E-state index contributed by atoms with van der Waals surface area (Å²) in [4.78, 5) is 23.7. The maximum Gasteiger partial charge on any atom is 0.318 e. The van der Waals surface area contributed by atoms with Crippen molar-refractivity contribution in [3.63, 3.8) is 0 Å². The van der Waals surface area contributed by atoms with Gasteiger partial charge in [-0.15, -0.1) is 0 Å². The highest BCUT2D eigenvalue weighted by molar-refractivity contribution is 7.86. The molecule has 5 rings (SSSR count). The Labute approximate surface area is 205 Å². The number of carbonyl (C=O) groups excluding carboxylic acids is 1. The van der Waals surface area contributed by atoms with Gasteiger partial charge < -0.3 is 20.3 Å². The average Bonchev–Trinajstić information content (AvgIpc) is 3.20. The molecule has 1 aromatic heterocycles. The molecule has 2 unspecified atom stereocenters. The van der Waals surface area contributed by atoms with E-state index in [2.05, 4.69) is 15.5 Å². The molecule has 188 valence electrons. The molecule has 2 amide bonds. The van der Waals surface area contributed by atoms with Crippen molar-refractivity contribution < 1.29 is 17.9 Å². The van der Waals surface area contributed by atoms with E-state index in [9.17, 15) is 13.2 Å². The Bertz CT molecular complexity index is 1210. The van der Waals surface area contributed by atoms with Gasteiger partial charge in [0.25, 0.3) is 10.2 Å². The van der Waals surface area contributed by atoms with Crippen molar-refractivity contribution in [3.05, 3.63) is 35.5 Å². The minimum atomic E-state index is -3.56. The first-order chi connectivity index (χ1) is 16.7. The number of hydrogen-bond acceptors (Lipinski definition) is 7. The molecule has 1 aromatic carbocycles. The van der Waals surface area contributed by atoms with Crippen molar-refractivity contribution in [3.8, 4) is 11.4 Å². The van der Waals surface area contributed by atoms with E-state index in [4.69, 9.17) is 14.7 Å². The zero-order chi connectivity index (χ0) is 24.7. The Hall–Kier alpha value is -2.80. The van der Waals surface area contributed by atoms with Crippen LogP contribution in [0.1, 0.15) is 24.1 Å². The van der Waals surface area contributed by atoms with E-state index in [1.54, 1.807) is 33.3 Å². The summed E-state index contributed by atoms with van der Waals surface area (Å²) in [6, 6.07) is 7.01. The number of rotatable bonds is 5. The van der Waals surface area contributed by atoms with Crippen LogP contribution in [0.5, 0.6) is 0 Å². The van der Waals surface area contributed by atoms with Gasteiger partial charge in [-0.2, -0.15) is 17.0 Å². The molecular weight excluding hydrogens is 470 g/mol. The predicted octanol–water partition coefficient (Wildman–Crippen LogP) is 1.43. The lowest BCUT2D eigenvalue weighted by molar-refractivity contribution is 0.0301. The molecule has 4 heterocycles. The van der Waals surface area contributed by atoms with Crippen molar-refractivity contribution >= 4 is 27.7 Å². The summed E-state index contributed by atoms with van der Waals surface area (Å²) in [5, 5.41) is 5.27. The van der Waals surface area contributed by atoms with Crippen LogP contribution in [0.15, 0.2) is 24.3 Å². The van der Waals surface area contributed by atoms with Crippen LogP contribution in [-0.2, 0) is 27.9 Å². The van der Waals surface area contributed by atoms with Crippen LogP contribution >= 0.6 is 0 Å². The van der Waals surface area contributed by atoms with Crippen molar-refractivity contribution in [2.45, 2.75) is 38.0 Å². The summed E-state index contributed by atoms with van der Waals surface area (Å²) in [7, 11) is 1.08. The van der Waals surface area contributed by atoms with Crippen molar-refractivity contribution in [1.82, 2.24) is 23.9 Å². The van der Waals surface area contributed by atoms with E-state index in [0.29, 0.717) is 24.5 Å². The first-order valence-electron chi connectivity index (χ1n) is 11.8. The Morgan fingerprint density at radius 3 is 2.43 bits per heavy atom. The van der Waals surface area contributed by atoms with Gasteiger partial charge in [0.2, 0.25) is 0 Å². The number of benzene rings is 1. The normalized spacial score (nSPS) is 22.2. The lowest BCUT2D eigenvalue weighted by atomic mass is 10.0. The van der Waals surface area contributed by atoms with Crippen LogP contribution < -0.4 is 15.5 Å². The van der Waals surface area contributed by atoms with E-state index in [0.717, 1.165) is 48.6 Å². The van der Waals surface area contributed by atoms with Gasteiger partial charge in [-0.05, 0) is 43.5 Å². The number of aromatic nitrogens is 2. The summed E-state index contributed by atoms with van der Waals surface area (Å²) in [6.07, 6.45) is 3.06. The monoisotopic (exact) mass is 501 g/mol. The fraction of sp³-hybridized carbons (Fsp3) is 0.522. The molecule has 2 saturated heterocycles. The van der Waals surface area contributed by atoms with Gasteiger partial charge >= 0.3 is 6.03 Å². The average molecular weight is 502 g/mol. The lowest BCUT2D eigenvalue weighted by Crippen LogP contribution is -2.46. The largest absolute Gasteiger partial charge is 0.371 e. The molecule has 35 heavy (non-hydrogen) atoms. The van der Waals surface area contributed by atoms with E-state index >= 15 is 0 Å². The Morgan fingerprint density at radius 1 is 1.11 bits per heavy atom. The van der Waals surface area contributed by atoms with E-state index in [-0.39, 0.29) is 24.8 Å². The van der Waals surface area contributed by atoms with Gasteiger partial charge in [0, 0.05) is 57.6 Å². The number of ether oxygens (including phenoxy) is 1. The predicted molar refractivity (Wildman–Crippen MR) is 132 cm³/mol. The van der Waals surface area contributed by atoms with E-state index < -0.39 is 10.2 Å². The maximum absolute atomic E-state index is 12.8. The van der Waals surface area contributed by atoms with Crippen LogP contribution in [0.25, 0.3) is 11.4 Å². The second-order valence-corrected chi connectivity index (χ2v) is 11.5. The summed E-state index contributed by atoms with van der Waals surface area (Å²) in [6.45, 7) is 2.13. The van der Waals surface area contributed by atoms with Gasteiger partial charge in [-0.3, -0.25) is 0 Å². The number of morpholine rings is 1. The van der Waals surface area contributed by atoms with E-state index in [1.165, 1.54) is 8.61 Å². The molecule has 0 radical (unpaired) electrons. The Balaban J connectivity index is 1.52. The second-order valence-electron chi connectivity index (χ2n) is 9.31. The number of urea groups is 1. The zero-order valence-electron chi connectivity index (χ0n) is 20.2. The molecule has 2 atom stereocenters. The molecule has 3 aliphatic heterocycles. The highest BCUT2D eigenvalue weighted by atomic mass is 32.2. The number of fused-ring (bicyclic) bond motifs is 3. The van der Waals surface area contributed by atoms with E-state index in [1.807, 2.05) is 12.1 Å². The highest BCUT2D eigenvalue weighted by Crippen LogP contribution is 2.35. The van der Waals surface area contributed by atoms with Gasteiger partial charge in [0.1, 0.15) is 5.82 Å². The number of anilines is 2. The number of hydrogen-bond donors (Lipinski definition) is 2. The summed E-state index contributed by atoms with van der Waals surface area (Å²) >= 11 is 0. The van der Waals surface area contributed by atoms with Crippen LogP contribution in [0.4, 0.5) is 16.3 Å². The first kappa shape index (κ1) is 23.9. The molecule has 0 aliphatic carbocycles. The van der Waals surface area contributed by atoms with Crippen LogP contribution in [0, 0.1) is 0 Å². The standard InChI is InChI=1S/C23H31N7O4S/c1-24-23(31)25-16-6-4-15(5-7-16)21-26-20-14-30(35(32,33)28(2)3)11-10-19(20)22(27-21)29-12-17-8-9-18(13-29)34-17/h4-7,17-18H,8-14H2,1-3H3,(H2,24,25,31). The van der Waals surface area contributed by atoms with Crippen LogP contribution in [-0.4, -0.2) is 86.0 Å². The maximum atomic E-state index is 12.8. The molecule has 0 spiro atoms. The van der Waals surface area contributed by atoms with Gasteiger partial charge in [-0.25, -0.2) is 14.8 Å². The minimum Gasteiger partial charge on any atom is -0.371 e. The molecule has 2 N–H and O–H groups in total. The molecular formula is C23H31N7O4S. The SMILES string of the molecule is CNC(=O)Nc1ccc(-c2nc3c(c(N4CC5CCC(C4)O5)n2)CCN(S(=O)(=O)N(C)C)C3)cc1. The molecule has 2 aromatic rings. The minimum absolute atomic E-state index is 0.200. The van der Waals surface area contributed by atoms with Gasteiger partial charge in [-0.1, -0.05) is 0 Å². The second kappa shape index (κ2) is 9.34. The zero-order valence-corrected chi connectivity index (χ0v) is 21.0. The summed E-state index contributed by atoms with van der Waals surface area (Å²) in [5.74, 6) is 1.41.